The SMILES string of the molecule is N#Cc1cc(C2CC2)nnc1NCc1cccc(F)c1. The molecule has 0 spiro atoms. The normalized spacial score (nSPS) is 13.8. The van der Waals surface area contributed by atoms with E-state index in [1.54, 1.807) is 12.1 Å². The molecule has 20 heavy (non-hydrogen) atoms. The topological polar surface area (TPSA) is 61.6 Å². The third kappa shape index (κ3) is 2.75. The van der Waals surface area contributed by atoms with E-state index in [0.717, 1.165) is 24.1 Å². The van der Waals surface area contributed by atoms with Crippen LogP contribution < -0.4 is 5.32 Å². The second-order valence-electron chi connectivity index (χ2n) is 4.90. The third-order valence-corrected chi connectivity index (χ3v) is 3.28. The molecule has 1 aromatic carbocycles. The quantitative estimate of drug-likeness (QED) is 0.926. The molecule has 0 atom stereocenters. The molecule has 4 nitrogen and oxygen atoms in total. The van der Waals surface area contributed by atoms with Gasteiger partial charge in [0.1, 0.15) is 11.9 Å². The number of aromatic nitrogens is 2. The lowest BCUT2D eigenvalue weighted by atomic mass is 10.2. The third-order valence-electron chi connectivity index (χ3n) is 3.28. The largest absolute Gasteiger partial charge is 0.363 e. The van der Waals surface area contributed by atoms with E-state index in [1.165, 1.54) is 12.1 Å². The summed E-state index contributed by atoms with van der Waals surface area (Å²) in [5.41, 5.74) is 2.16. The summed E-state index contributed by atoms with van der Waals surface area (Å²) in [4.78, 5) is 0. The van der Waals surface area contributed by atoms with Gasteiger partial charge in [0.2, 0.25) is 0 Å². The van der Waals surface area contributed by atoms with Gasteiger partial charge in [-0.3, -0.25) is 0 Å². The summed E-state index contributed by atoms with van der Waals surface area (Å²) in [6.45, 7) is 0.407. The number of benzene rings is 1. The minimum absolute atomic E-state index is 0.278. The van der Waals surface area contributed by atoms with Gasteiger partial charge in [-0.05, 0) is 36.6 Å². The molecule has 1 heterocycles. The van der Waals surface area contributed by atoms with Gasteiger partial charge in [-0.2, -0.15) is 10.4 Å². The molecule has 1 N–H and O–H groups in total. The average Bonchev–Trinajstić information content (AvgIpc) is 3.29. The van der Waals surface area contributed by atoms with Crippen LogP contribution in [0.5, 0.6) is 0 Å². The summed E-state index contributed by atoms with van der Waals surface area (Å²) in [6, 6.07) is 10.2. The predicted molar refractivity (Wildman–Crippen MR) is 72.4 cm³/mol. The van der Waals surface area contributed by atoms with Crippen LogP contribution in [0.4, 0.5) is 10.2 Å². The molecule has 1 saturated carbocycles. The van der Waals surface area contributed by atoms with Crippen LogP contribution in [0.2, 0.25) is 0 Å². The molecule has 0 amide bonds. The molecule has 1 aliphatic rings. The highest BCUT2D eigenvalue weighted by molar-refractivity contribution is 5.52. The number of hydrogen-bond acceptors (Lipinski definition) is 4. The summed E-state index contributed by atoms with van der Waals surface area (Å²) in [7, 11) is 0. The van der Waals surface area contributed by atoms with Crippen molar-refractivity contribution in [2.45, 2.75) is 25.3 Å². The van der Waals surface area contributed by atoms with E-state index >= 15 is 0 Å². The first-order valence-electron chi connectivity index (χ1n) is 6.52. The fraction of sp³-hybridized carbons (Fsp3) is 0.267. The van der Waals surface area contributed by atoms with Crippen molar-refractivity contribution in [3.63, 3.8) is 0 Å². The maximum atomic E-state index is 13.1. The number of hydrogen-bond donors (Lipinski definition) is 1. The molecule has 0 aliphatic heterocycles. The average molecular weight is 268 g/mol. The fourth-order valence-corrected chi connectivity index (χ4v) is 2.03. The van der Waals surface area contributed by atoms with Crippen molar-refractivity contribution in [1.82, 2.24) is 10.2 Å². The lowest BCUT2D eigenvalue weighted by molar-refractivity contribution is 0.626. The lowest BCUT2D eigenvalue weighted by Crippen LogP contribution is -2.06. The highest BCUT2D eigenvalue weighted by Crippen LogP contribution is 2.39. The standard InChI is InChI=1S/C15H13FN4/c16-13-3-1-2-10(6-13)9-18-15-12(8-17)7-14(19-20-15)11-4-5-11/h1-3,6-7,11H,4-5,9H2,(H,18,20). The van der Waals surface area contributed by atoms with Crippen LogP contribution in [0.3, 0.4) is 0 Å². The number of rotatable bonds is 4. The molecule has 2 aromatic rings. The Morgan fingerprint density at radius 2 is 2.15 bits per heavy atom. The summed E-state index contributed by atoms with van der Waals surface area (Å²) in [5.74, 6) is 0.632. The van der Waals surface area contributed by atoms with Gasteiger partial charge >= 0.3 is 0 Å². The van der Waals surface area contributed by atoms with Crippen molar-refractivity contribution in [3.8, 4) is 6.07 Å². The smallest absolute Gasteiger partial charge is 0.166 e. The van der Waals surface area contributed by atoms with E-state index in [2.05, 4.69) is 21.6 Å². The zero-order valence-corrected chi connectivity index (χ0v) is 10.8. The maximum absolute atomic E-state index is 13.1. The van der Waals surface area contributed by atoms with Crippen LogP contribution >= 0.6 is 0 Å². The number of anilines is 1. The molecule has 5 heteroatoms. The van der Waals surface area contributed by atoms with Gasteiger partial charge in [-0.15, -0.1) is 5.10 Å². The first-order valence-corrected chi connectivity index (χ1v) is 6.52. The summed E-state index contributed by atoms with van der Waals surface area (Å²) in [5, 5.41) is 20.4. The molecule has 0 unspecified atom stereocenters. The summed E-state index contributed by atoms with van der Waals surface area (Å²) in [6.07, 6.45) is 2.24. The molecular formula is C15H13FN4. The molecular weight excluding hydrogens is 255 g/mol. The zero-order valence-electron chi connectivity index (χ0n) is 10.8. The van der Waals surface area contributed by atoms with Gasteiger partial charge in [0.05, 0.1) is 11.3 Å². The Bertz CT molecular complexity index is 674. The van der Waals surface area contributed by atoms with Crippen LogP contribution in [0.25, 0.3) is 0 Å². The Kier molecular flexibility index (Phi) is 3.30. The molecule has 0 radical (unpaired) electrons. The number of nitrogens with zero attached hydrogens (tertiary/aromatic N) is 3. The van der Waals surface area contributed by atoms with Crippen molar-refractivity contribution in [2.24, 2.45) is 0 Å². The van der Waals surface area contributed by atoms with Gasteiger partial charge in [0.15, 0.2) is 5.82 Å². The lowest BCUT2D eigenvalue weighted by Gasteiger charge is -2.07. The second kappa shape index (κ2) is 5.25. The Morgan fingerprint density at radius 3 is 2.85 bits per heavy atom. The monoisotopic (exact) mass is 268 g/mol. The van der Waals surface area contributed by atoms with Crippen LogP contribution in [0.15, 0.2) is 30.3 Å². The van der Waals surface area contributed by atoms with Gasteiger partial charge in [0.25, 0.3) is 0 Å². The molecule has 3 rings (SSSR count). The number of halogens is 1. The van der Waals surface area contributed by atoms with E-state index < -0.39 is 0 Å². The Hall–Kier alpha value is -2.48. The molecule has 0 bridgehead atoms. The van der Waals surface area contributed by atoms with Crippen LogP contribution in [0, 0.1) is 17.1 Å². The summed E-state index contributed by atoms with van der Waals surface area (Å²) >= 11 is 0. The Balaban J connectivity index is 1.75. The van der Waals surface area contributed by atoms with E-state index in [1.807, 2.05) is 6.07 Å². The van der Waals surface area contributed by atoms with Gasteiger partial charge in [-0.25, -0.2) is 4.39 Å². The molecule has 0 saturated heterocycles. The van der Waals surface area contributed by atoms with Crippen LogP contribution in [-0.2, 0) is 6.54 Å². The number of nitriles is 1. The highest BCUT2D eigenvalue weighted by atomic mass is 19.1. The van der Waals surface area contributed by atoms with Crippen molar-refractivity contribution >= 4 is 5.82 Å². The molecule has 1 aromatic heterocycles. The van der Waals surface area contributed by atoms with Crippen molar-refractivity contribution in [1.29, 1.82) is 5.26 Å². The van der Waals surface area contributed by atoms with Gasteiger partial charge in [0, 0.05) is 12.5 Å². The van der Waals surface area contributed by atoms with Gasteiger partial charge < -0.3 is 5.32 Å². The molecule has 1 fully saturated rings. The fourth-order valence-electron chi connectivity index (χ4n) is 2.03. The van der Waals surface area contributed by atoms with E-state index in [9.17, 15) is 4.39 Å². The van der Waals surface area contributed by atoms with Crippen LogP contribution in [0.1, 0.15) is 35.6 Å². The zero-order chi connectivity index (χ0) is 13.9. The predicted octanol–water partition coefficient (Wildman–Crippen LogP) is 2.98. The first-order chi connectivity index (χ1) is 9.76. The van der Waals surface area contributed by atoms with E-state index in [-0.39, 0.29) is 5.82 Å². The minimum Gasteiger partial charge on any atom is -0.363 e. The second-order valence-corrected chi connectivity index (χ2v) is 4.90. The van der Waals surface area contributed by atoms with Gasteiger partial charge in [-0.1, -0.05) is 12.1 Å². The minimum atomic E-state index is -0.278. The molecule has 100 valence electrons. The Labute approximate surface area is 116 Å². The summed E-state index contributed by atoms with van der Waals surface area (Å²) < 4.78 is 13.1. The highest BCUT2D eigenvalue weighted by Gasteiger charge is 2.26. The van der Waals surface area contributed by atoms with E-state index in [0.29, 0.717) is 23.8 Å². The number of nitrogens with one attached hydrogen (secondary N) is 1. The first kappa shape index (κ1) is 12.5. The molecule has 1 aliphatic carbocycles. The maximum Gasteiger partial charge on any atom is 0.166 e. The van der Waals surface area contributed by atoms with Crippen molar-refractivity contribution < 1.29 is 4.39 Å². The Morgan fingerprint density at radius 1 is 1.30 bits per heavy atom. The van der Waals surface area contributed by atoms with Crippen molar-refractivity contribution in [2.75, 3.05) is 5.32 Å². The van der Waals surface area contributed by atoms with Crippen molar-refractivity contribution in [3.05, 3.63) is 53.0 Å². The van der Waals surface area contributed by atoms with E-state index in [4.69, 9.17) is 5.26 Å². The van der Waals surface area contributed by atoms with Crippen LogP contribution in [-0.4, -0.2) is 10.2 Å².